The van der Waals surface area contributed by atoms with Crippen molar-refractivity contribution in [3.63, 3.8) is 0 Å². The molecular weight excluding hydrogens is 154 g/mol. The molecule has 3 nitrogen and oxygen atoms in total. The van der Waals surface area contributed by atoms with Crippen LogP contribution < -0.4 is 10.5 Å². The zero-order valence-corrected chi connectivity index (χ0v) is 7.03. The molecule has 0 radical (unpaired) electrons. The highest BCUT2D eigenvalue weighted by atomic mass is 16.5. The van der Waals surface area contributed by atoms with Gasteiger partial charge in [-0.2, -0.15) is 0 Å². The smallest absolute Gasteiger partial charge is 0.142 e. The number of rotatable bonds is 3. The third-order valence-corrected chi connectivity index (χ3v) is 1.40. The third kappa shape index (κ3) is 2.43. The van der Waals surface area contributed by atoms with Crippen LogP contribution in [0.5, 0.6) is 5.75 Å². The van der Waals surface area contributed by atoms with Crippen LogP contribution in [0.25, 0.3) is 0 Å². The second kappa shape index (κ2) is 3.97. The van der Waals surface area contributed by atoms with Gasteiger partial charge in [-0.1, -0.05) is 12.1 Å². The van der Waals surface area contributed by atoms with Crippen LogP contribution in [-0.2, 0) is 0 Å². The molecule has 1 atom stereocenters. The SMILES string of the molecule is C[C@H](O)COc1ccccc1N. The fraction of sp³-hybridized carbons (Fsp3) is 0.333. The molecule has 0 aliphatic carbocycles. The number of hydrogen-bond acceptors (Lipinski definition) is 3. The van der Waals surface area contributed by atoms with E-state index < -0.39 is 6.10 Å². The molecule has 1 rings (SSSR count). The summed E-state index contributed by atoms with van der Waals surface area (Å²) in [6.45, 7) is 1.94. The van der Waals surface area contributed by atoms with Gasteiger partial charge in [-0.15, -0.1) is 0 Å². The topological polar surface area (TPSA) is 55.5 Å². The maximum Gasteiger partial charge on any atom is 0.142 e. The summed E-state index contributed by atoms with van der Waals surface area (Å²) in [5.41, 5.74) is 6.20. The van der Waals surface area contributed by atoms with E-state index in [1.54, 1.807) is 19.1 Å². The quantitative estimate of drug-likeness (QED) is 0.661. The van der Waals surface area contributed by atoms with Gasteiger partial charge in [0.15, 0.2) is 0 Å². The lowest BCUT2D eigenvalue weighted by Crippen LogP contribution is -2.13. The molecule has 3 N–H and O–H groups in total. The molecule has 1 aromatic rings. The molecule has 3 heteroatoms. The van der Waals surface area contributed by atoms with Crippen LogP contribution in [0.1, 0.15) is 6.92 Å². The van der Waals surface area contributed by atoms with Crippen molar-refractivity contribution in [1.82, 2.24) is 0 Å². The van der Waals surface area contributed by atoms with Gasteiger partial charge in [-0.3, -0.25) is 0 Å². The minimum atomic E-state index is -0.468. The lowest BCUT2D eigenvalue weighted by atomic mass is 10.3. The highest BCUT2D eigenvalue weighted by Gasteiger charge is 2.00. The predicted octanol–water partition coefficient (Wildman–Crippen LogP) is 1.03. The van der Waals surface area contributed by atoms with Crippen LogP contribution in [0.15, 0.2) is 24.3 Å². The average molecular weight is 167 g/mol. The first-order valence-corrected chi connectivity index (χ1v) is 3.85. The molecule has 0 unspecified atom stereocenters. The first kappa shape index (κ1) is 8.87. The number of anilines is 1. The zero-order chi connectivity index (χ0) is 8.97. The Bertz CT molecular complexity index is 248. The van der Waals surface area contributed by atoms with Crippen LogP contribution in [0.3, 0.4) is 0 Å². The van der Waals surface area contributed by atoms with Crippen LogP contribution in [0, 0.1) is 0 Å². The number of aliphatic hydroxyl groups is 1. The second-order valence-electron chi connectivity index (χ2n) is 2.70. The van der Waals surface area contributed by atoms with Crippen molar-refractivity contribution < 1.29 is 9.84 Å². The highest BCUT2D eigenvalue weighted by Crippen LogP contribution is 2.19. The van der Waals surface area contributed by atoms with Crippen LogP contribution in [-0.4, -0.2) is 17.8 Å². The standard InChI is InChI=1S/C9H13NO2/c1-7(11)6-12-9-5-3-2-4-8(9)10/h2-5,7,11H,6,10H2,1H3/t7-/m0/s1. The molecule has 0 aromatic heterocycles. The molecule has 0 heterocycles. The average Bonchev–Trinajstić information content (AvgIpc) is 2.03. The minimum absolute atomic E-state index is 0.272. The molecule has 0 saturated carbocycles. The molecular formula is C9H13NO2. The zero-order valence-electron chi connectivity index (χ0n) is 7.03. The first-order valence-electron chi connectivity index (χ1n) is 3.85. The molecule has 1 aromatic carbocycles. The van der Waals surface area contributed by atoms with Gasteiger partial charge < -0.3 is 15.6 Å². The second-order valence-corrected chi connectivity index (χ2v) is 2.70. The van der Waals surface area contributed by atoms with Crippen molar-refractivity contribution in [2.24, 2.45) is 0 Å². The number of para-hydroxylation sites is 2. The fourth-order valence-corrected chi connectivity index (χ4v) is 0.822. The number of ether oxygens (including phenoxy) is 1. The fourth-order valence-electron chi connectivity index (χ4n) is 0.822. The molecule has 0 saturated heterocycles. The first-order chi connectivity index (χ1) is 5.70. The van der Waals surface area contributed by atoms with Gasteiger partial charge in [0, 0.05) is 0 Å². The Kier molecular flexibility index (Phi) is 2.94. The maximum atomic E-state index is 8.94. The molecule has 0 aliphatic rings. The van der Waals surface area contributed by atoms with Crippen LogP contribution in [0.4, 0.5) is 5.69 Å². The van der Waals surface area contributed by atoms with Crippen molar-refractivity contribution in [2.45, 2.75) is 13.0 Å². The largest absolute Gasteiger partial charge is 0.489 e. The molecule has 66 valence electrons. The van der Waals surface area contributed by atoms with E-state index in [-0.39, 0.29) is 6.61 Å². The number of nitrogens with two attached hydrogens (primary N) is 1. The number of nitrogen functional groups attached to an aromatic ring is 1. The van der Waals surface area contributed by atoms with Gasteiger partial charge in [0.25, 0.3) is 0 Å². The summed E-state index contributed by atoms with van der Waals surface area (Å²) in [5, 5.41) is 8.94. The minimum Gasteiger partial charge on any atom is -0.489 e. The Balaban J connectivity index is 2.57. The van der Waals surface area contributed by atoms with Crippen molar-refractivity contribution in [1.29, 1.82) is 0 Å². The summed E-state index contributed by atoms with van der Waals surface area (Å²) in [6.07, 6.45) is -0.468. The number of aliphatic hydroxyl groups excluding tert-OH is 1. The summed E-state index contributed by atoms with van der Waals surface area (Å²) >= 11 is 0. The Morgan fingerprint density at radius 3 is 2.75 bits per heavy atom. The molecule has 0 amide bonds. The monoisotopic (exact) mass is 167 g/mol. The van der Waals surface area contributed by atoms with E-state index in [1.807, 2.05) is 12.1 Å². The van der Waals surface area contributed by atoms with Crippen molar-refractivity contribution >= 4 is 5.69 Å². The molecule has 12 heavy (non-hydrogen) atoms. The van der Waals surface area contributed by atoms with E-state index in [0.717, 1.165) is 0 Å². The van der Waals surface area contributed by atoms with Crippen molar-refractivity contribution in [3.8, 4) is 5.75 Å². The summed E-state index contributed by atoms with van der Waals surface area (Å²) in [5.74, 6) is 0.624. The molecule has 0 fully saturated rings. The third-order valence-electron chi connectivity index (χ3n) is 1.40. The summed E-state index contributed by atoms with van der Waals surface area (Å²) in [6, 6.07) is 7.22. The Morgan fingerprint density at radius 2 is 2.17 bits per heavy atom. The molecule has 0 bridgehead atoms. The Labute approximate surface area is 71.8 Å². The van der Waals surface area contributed by atoms with Crippen molar-refractivity contribution in [2.75, 3.05) is 12.3 Å². The van der Waals surface area contributed by atoms with Gasteiger partial charge in [-0.25, -0.2) is 0 Å². The van der Waals surface area contributed by atoms with Crippen LogP contribution >= 0.6 is 0 Å². The molecule has 0 spiro atoms. The van der Waals surface area contributed by atoms with E-state index in [1.165, 1.54) is 0 Å². The molecule has 0 aliphatic heterocycles. The summed E-state index contributed by atoms with van der Waals surface area (Å²) in [4.78, 5) is 0. The van der Waals surface area contributed by atoms with Gasteiger partial charge in [0.05, 0.1) is 11.8 Å². The van der Waals surface area contributed by atoms with E-state index in [9.17, 15) is 0 Å². The van der Waals surface area contributed by atoms with Crippen LogP contribution in [0.2, 0.25) is 0 Å². The Morgan fingerprint density at radius 1 is 1.50 bits per heavy atom. The number of benzene rings is 1. The summed E-state index contributed by atoms with van der Waals surface area (Å²) < 4.78 is 5.22. The maximum absolute atomic E-state index is 8.94. The van der Waals surface area contributed by atoms with Gasteiger partial charge in [-0.05, 0) is 19.1 Å². The van der Waals surface area contributed by atoms with Gasteiger partial charge >= 0.3 is 0 Å². The number of hydrogen-bond donors (Lipinski definition) is 2. The van der Waals surface area contributed by atoms with Gasteiger partial charge in [0.2, 0.25) is 0 Å². The van der Waals surface area contributed by atoms with E-state index in [4.69, 9.17) is 15.6 Å². The highest BCUT2D eigenvalue weighted by molar-refractivity contribution is 5.51. The Hall–Kier alpha value is -1.22. The lowest BCUT2D eigenvalue weighted by molar-refractivity contribution is 0.123. The van der Waals surface area contributed by atoms with Gasteiger partial charge in [0.1, 0.15) is 12.4 Å². The predicted molar refractivity (Wildman–Crippen MR) is 48.0 cm³/mol. The van der Waals surface area contributed by atoms with E-state index >= 15 is 0 Å². The normalized spacial score (nSPS) is 12.5. The van der Waals surface area contributed by atoms with E-state index in [2.05, 4.69) is 0 Å². The van der Waals surface area contributed by atoms with E-state index in [0.29, 0.717) is 11.4 Å². The van der Waals surface area contributed by atoms with Crippen molar-refractivity contribution in [3.05, 3.63) is 24.3 Å². The lowest BCUT2D eigenvalue weighted by Gasteiger charge is -2.09. The summed E-state index contributed by atoms with van der Waals surface area (Å²) in [7, 11) is 0.